The van der Waals surface area contributed by atoms with Crippen LogP contribution in [0.1, 0.15) is 52.9 Å². The molecule has 342 valence electrons. The Morgan fingerprint density at radius 1 is 0.429 bits per heavy atom. The maximum Gasteiger partial charge on any atom is 0.0614 e. The number of fused-ring (bicyclic) bond motifs is 4. The molecule has 1 heterocycles. The number of aromatic nitrogens is 1. The van der Waals surface area contributed by atoms with Crippen LogP contribution in [0, 0.1) is 27.7 Å². The molecule has 0 radical (unpaired) electrons. The lowest BCUT2D eigenvalue weighted by atomic mass is 9.96. The van der Waals surface area contributed by atoms with Crippen LogP contribution < -0.4 is 4.90 Å². The summed E-state index contributed by atoms with van der Waals surface area (Å²) < 4.78 is 2.31. The van der Waals surface area contributed by atoms with E-state index in [1.54, 1.807) is 0 Å². The molecule has 2 nitrogen and oxygen atoms in total. The molecule has 0 amide bonds. The van der Waals surface area contributed by atoms with E-state index in [0.717, 1.165) is 33.8 Å². The number of nitrogens with zero attached hydrogens (tertiary/aromatic N) is 2. The van der Waals surface area contributed by atoms with Gasteiger partial charge in [-0.05, 0) is 145 Å². The van der Waals surface area contributed by atoms with E-state index in [1.165, 1.54) is 82.3 Å². The predicted molar refractivity (Wildman–Crippen MR) is 307 cm³/mol. The van der Waals surface area contributed by atoms with Gasteiger partial charge in [0.1, 0.15) is 0 Å². The number of para-hydroxylation sites is 1. The lowest BCUT2D eigenvalue weighted by Gasteiger charge is -2.30. The fourth-order valence-corrected chi connectivity index (χ4v) is 9.69. The van der Waals surface area contributed by atoms with E-state index in [2.05, 4.69) is 276 Å². The zero-order valence-corrected chi connectivity index (χ0v) is 41.2. The van der Waals surface area contributed by atoms with Crippen molar-refractivity contribution in [2.75, 3.05) is 4.90 Å². The van der Waals surface area contributed by atoms with Gasteiger partial charge in [0.15, 0.2) is 0 Å². The number of hydrogen-bond acceptors (Lipinski definition) is 1. The van der Waals surface area contributed by atoms with Crippen molar-refractivity contribution in [3.05, 3.63) is 270 Å². The Hall–Kier alpha value is -8.46. The summed E-state index contributed by atoms with van der Waals surface area (Å²) in [5.74, 6) is 0. The van der Waals surface area contributed by atoms with Crippen LogP contribution in [0.2, 0.25) is 0 Å². The highest BCUT2D eigenvalue weighted by Crippen LogP contribution is 2.45. The van der Waals surface area contributed by atoms with Crippen molar-refractivity contribution in [1.29, 1.82) is 0 Å². The van der Waals surface area contributed by atoms with E-state index in [9.17, 15) is 0 Å². The van der Waals surface area contributed by atoms with Crippen LogP contribution in [0.15, 0.2) is 231 Å². The average molecular weight is 905 g/mol. The first-order chi connectivity index (χ1) is 34.3. The lowest BCUT2D eigenvalue weighted by Crippen LogP contribution is -2.13. The van der Waals surface area contributed by atoms with Crippen LogP contribution in [0.5, 0.6) is 0 Å². The Balaban J connectivity index is 0.000000224. The molecule has 0 saturated heterocycles. The quantitative estimate of drug-likeness (QED) is 0.138. The van der Waals surface area contributed by atoms with Crippen molar-refractivity contribution in [3.8, 4) is 16.8 Å². The standard InChI is InChI=1S/C46H40N2.C15H12.C7H8/c1-6-14-40-33(5)30-36-16-12-13-19-41(36)46(40)47(38-26-24-35(25-27-38)34-22-20-32(4)21-23-34)39-28-29-45-43(31-39)42(15-7-2)44(8-3)48(45)37-17-10-9-11-18-37;1-11-14-8-4-2-6-12(14)10-13-7-3-5-9-15(11)13;1-7-5-3-2-4-6-7/h6-31H,3H2,1-2,4-5H3;2-10H,1H3;2-6H,1H3/b14-6-,15-7-;;. The fraction of sp³-hybridized carbons (Fsp3) is 0.0882. The number of rotatable bonds is 8. The zero-order chi connectivity index (χ0) is 48.6. The first-order valence-corrected chi connectivity index (χ1v) is 24.3. The van der Waals surface area contributed by atoms with Crippen molar-refractivity contribution in [3.63, 3.8) is 0 Å². The number of hydrogen-bond donors (Lipinski definition) is 0. The summed E-state index contributed by atoms with van der Waals surface area (Å²) in [4.78, 5) is 2.44. The largest absolute Gasteiger partial charge is 0.309 e. The first kappa shape index (κ1) is 46.6. The molecule has 0 saturated carbocycles. The molecule has 0 bridgehead atoms. The van der Waals surface area contributed by atoms with Gasteiger partial charge in [0.05, 0.1) is 16.9 Å². The van der Waals surface area contributed by atoms with Crippen LogP contribution in [-0.4, -0.2) is 4.57 Å². The number of allylic oxidation sites excluding steroid dienone is 2. The van der Waals surface area contributed by atoms with Gasteiger partial charge in [-0.2, -0.15) is 0 Å². The summed E-state index contributed by atoms with van der Waals surface area (Å²) in [6, 6.07) is 75.9. The van der Waals surface area contributed by atoms with Crippen molar-refractivity contribution in [1.82, 2.24) is 4.57 Å². The highest BCUT2D eigenvalue weighted by atomic mass is 15.1. The van der Waals surface area contributed by atoms with Crippen molar-refractivity contribution in [2.45, 2.75) is 41.5 Å². The van der Waals surface area contributed by atoms with E-state index >= 15 is 0 Å². The Bertz CT molecular complexity index is 3590. The van der Waals surface area contributed by atoms with Gasteiger partial charge in [-0.1, -0.05) is 206 Å². The maximum atomic E-state index is 4.25. The summed E-state index contributed by atoms with van der Waals surface area (Å²) >= 11 is 0. The minimum atomic E-state index is 1.08. The first-order valence-electron chi connectivity index (χ1n) is 24.3. The summed E-state index contributed by atoms with van der Waals surface area (Å²) in [6.45, 7) is 17.0. The Morgan fingerprint density at radius 3 is 1.47 bits per heavy atom. The molecule has 0 aliphatic carbocycles. The number of aryl methyl sites for hydroxylation is 4. The molecule has 1 aromatic heterocycles. The highest BCUT2D eigenvalue weighted by molar-refractivity contribution is 6.06. The van der Waals surface area contributed by atoms with Gasteiger partial charge >= 0.3 is 0 Å². The summed E-state index contributed by atoms with van der Waals surface area (Å²) in [7, 11) is 0. The smallest absolute Gasteiger partial charge is 0.0614 e. The van der Waals surface area contributed by atoms with Crippen molar-refractivity contribution < 1.29 is 0 Å². The zero-order valence-electron chi connectivity index (χ0n) is 41.2. The van der Waals surface area contributed by atoms with E-state index in [-0.39, 0.29) is 0 Å². The number of anilines is 3. The lowest BCUT2D eigenvalue weighted by molar-refractivity contribution is 1.11. The summed E-state index contributed by atoms with van der Waals surface area (Å²) in [5, 5.41) is 8.98. The number of benzene rings is 10. The summed E-state index contributed by atoms with van der Waals surface area (Å²) in [5.41, 5.74) is 16.7. The Labute approximate surface area is 414 Å². The normalized spacial score (nSPS) is 11.2. The van der Waals surface area contributed by atoms with Gasteiger partial charge < -0.3 is 9.47 Å². The molecule has 0 aliphatic rings. The van der Waals surface area contributed by atoms with Gasteiger partial charge in [0.2, 0.25) is 0 Å². The molecule has 11 aromatic rings. The third-order valence-corrected chi connectivity index (χ3v) is 13.1. The SMILES string of the molecule is C=Cc1c(/C=C\C)c2cc(N(c3ccc(-c4ccc(C)cc4)cc3)c3c(/C=C\C)c(C)cc4ccccc34)ccc2n1-c1ccccc1.Cc1c2ccccc2cc2ccccc12.Cc1ccccc1. The second-order valence-corrected chi connectivity index (χ2v) is 17.9. The second kappa shape index (κ2) is 21.2. The van der Waals surface area contributed by atoms with E-state index in [1.807, 2.05) is 24.3 Å². The van der Waals surface area contributed by atoms with Crippen LogP contribution in [0.25, 0.3) is 78.3 Å². The van der Waals surface area contributed by atoms with Crippen LogP contribution in [0.3, 0.4) is 0 Å². The fourth-order valence-electron chi connectivity index (χ4n) is 9.69. The third kappa shape index (κ3) is 9.63. The topological polar surface area (TPSA) is 8.17 Å². The third-order valence-electron chi connectivity index (χ3n) is 13.1. The highest BCUT2D eigenvalue weighted by Gasteiger charge is 2.23. The van der Waals surface area contributed by atoms with Gasteiger partial charge in [-0.25, -0.2) is 0 Å². The molecule has 0 unspecified atom stereocenters. The summed E-state index contributed by atoms with van der Waals surface area (Å²) in [6.07, 6.45) is 10.7. The van der Waals surface area contributed by atoms with Gasteiger partial charge in [0, 0.05) is 39.0 Å². The minimum Gasteiger partial charge on any atom is -0.309 e. The second-order valence-electron chi connectivity index (χ2n) is 17.9. The van der Waals surface area contributed by atoms with Crippen LogP contribution in [0.4, 0.5) is 17.1 Å². The van der Waals surface area contributed by atoms with Gasteiger partial charge in [-0.15, -0.1) is 0 Å². The Kier molecular flexibility index (Phi) is 14.1. The molecule has 70 heavy (non-hydrogen) atoms. The molecule has 2 heteroatoms. The van der Waals surface area contributed by atoms with E-state index in [0.29, 0.717) is 0 Å². The molecule has 0 fully saturated rings. The molecule has 0 N–H and O–H groups in total. The van der Waals surface area contributed by atoms with E-state index in [4.69, 9.17) is 0 Å². The Morgan fingerprint density at radius 2 is 0.914 bits per heavy atom. The molecule has 0 spiro atoms. The average Bonchev–Trinajstić information content (AvgIpc) is 3.71. The molecule has 0 atom stereocenters. The molecular formula is C68H60N2. The van der Waals surface area contributed by atoms with Crippen molar-refractivity contribution >= 4 is 78.5 Å². The monoisotopic (exact) mass is 904 g/mol. The van der Waals surface area contributed by atoms with Crippen molar-refractivity contribution in [2.24, 2.45) is 0 Å². The van der Waals surface area contributed by atoms with E-state index < -0.39 is 0 Å². The van der Waals surface area contributed by atoms with Crippen LogP contribution in [-0.2, 0) is 0 Å². The molecule has 10 aromatic carbocycles. The van der Waals surface area contributed by atoms with Gasteiger partial charge in [0.25, 0.3) is 0 Å². The molecule has 11 rings (SSSR count). The van der Waals surface area contributed by atoms with Crippen LogP contribution >= 0.6 is 0 Å². The molecule has 0 aliphatic heterocycles. The minimum absolute atomic E-state index is 1.08. The van der Waals surface area contributed by atoms with Gasteiger partial charge in [-0.3, -0.25) is 0 Å². The predicted octanol–water partition coefficient (Wildman–Crippen LogP) is 19.5. The molecular weight excluding hydrogens is 845 g/mol. The maximum absolute atomic E-state index is 4.25.